The van der Waals surface area contributed by atoms with Crippen molar-refractivity contribution in [2.24, 2.45) is 34.5 Å². The molecular weight excluding hydrogens is 502 g/mol. The van der Waals surface area contributed by atoms with Gasteiger partial charge in [0.25, 0.3) is 0 Å². The molecule has 9 unspecified atom stereocenters. The standard InChI is InChI=1S/C30H43NO8/c1-18(32)38-24-16-30(35)23-5-4-20-15-21(39-27(34)31-10-12-36-13-11-31)6-8-28(20,2)22(23)7-9-29(30,3)26(24)19-14-25(33)37-17-19/h14,20-24,26,35H,4-13,15-17H2,1-3H3. The van der Waals surface area contributed by atoms with Gasteiger partial charge in [-0.2, -0.15) is 0 Å². The maximum absolute atomic E-state index is 12.7. The highest BCUT2D eigenvalue weighted by Gasteiger charge is 2.71. The number of carbonyl (C=O) groups is 3. The third kappa shape index (κ3) is 4.30. The Balaban J connectivity index is 1.21. The first-order valence-corrected chi connectivity index (χ1v) is 14.9. The fourth-order valence-electron chi connectivity index (χ4n) is 9.81. The molecule has 9 nitrogen and oxygen atoms in total. The molecule has 4 aliphatic carbocycles. The maximum Gasteiger partial charge on any atom is 0.410 e. The number of aliphatic hydroxyl groups is 1. The average Bonchev–Trinajstić information content (AvgIpc) is 3.41. The van der Waals surface area contributed by atoms with E-state index in [-0.39, 0.29) is 48.0 Å². The molecule has 9 heteroatoms. The highest BCUT2D eigenvalue weighted by atomic mass is 16.6. The van der Waals surface area contributed by atoms with Crippen LogP contribution in [0.25, 0.3) is 0 Å². The van der Waals surface area contributed by atoms with Crippen LogP contribution in [0.1, 0.15) is 72.1 Å². The minimum Gasteiger partial charge on any atom is -0.462 e. The Labute approximate surface area is 230 Å². The predicted molar refractivity (Wildman–Crippen MR) is 139 cm³/mol. The lowest BCUT2D eigenvalue weighted by Gasteiger charge is -2.63. The van der Waals surface area contributed by atoms with Gasteiger partial charge in [-0.3, -0.25) is 4.79 Å². The van der Waals surface area contributed by atoms with Crippen LogP contribution >= 0.6 is 0 Å². The van der Waals surface area contributed by atoms with Crippen LogP contribution < -0.4 is 0 Å². The normalized spacial score (nSPS) is 45.4. The molecule has 2 aliphatic heterocycles. The van der Waals surface area contributed by atoms with Crippen molar-refractivity contribution in [1.82, 2.24) is 4.90 Å². The number of rotatable bonds is 3. The molecule has 39 heavy (non-hydrogen) atoms. The minimum atomic E-state index is -0.999. The summed E-state index contributed by atoms with van der Waals surface area (Å²) < 4.78 is 22.4. The van der Waals surface area contributed by atoms with Crippen molar-refractivity contribution >= 4 is 18.0 Å². The first-order valence-electron chi connectivity index (χ1n) is 14.9. The van der Waals surface area contributed by atoms with Gasteiger partial charge in [0.15, 0.2) is 0 Å². The molecule has 6 aliphatic rings. The van der Waals surface area contributed by atoms with Gasteiger partial charge in [0.1, 0.15) is 18.8 Å². The molecule has 0 bridgehead atoms. The summed E-state index contributed by atoms with van der Waals surface area (Å²) in [5.74, 6) is -0.0890. The van der Waals surface area contributed by atoms with Gasteiger partial charge in [0.2, 0.25) is 0 Å². The monoisotopic (exact) mass is 545 g/mol. The number of hydrogen-bond donors (Lipinski definition) is 1. The number of morpholine rings is 1. The summed E-state index contributed by atoms with van der Waals surface area (Å²) in [6.45, 7) is 8.43. The molecule has 9 atom stereocenters. The summed E-state index contributed by atoms with van der Waals surface area (Å²) >= 11 is 0. The molecule has 1 saturated heterocycles. The van der Waals surface area contributed by atoms with Gasteiger partial charge in [-0.15, -0.1) is 0 Å². The minimum absolute atomic E-state index is 0.0581. The summed E-state index contributed by atoms with van der Waals surface area (Å²) in [5, 5.41) is 12.6. The Morgan fingerprint density at radius 1 is 1.05 bits per heavy atom. The van der Waals surface area contributed by atoms with Crippen LogP contribution in [-0.2, 0) is 28.5 Å². The zero-order chi connectivity index (χ0) is 27.6. The SMILES string of the molecule is CC(=O)OC1CC2(O)C3CCC4CC(OC(=O)N5CCOCC5)CCC4(C)C3CCC2(C)C1C1=CC(=O)OC1. The van der Waals surface area contributed by atoms with Crippen molar-refractivity contribution in [3.05, 3.63) is 11.6 Å². The third-order valence-electron chi connectivity index (χ3n) is 11.7. The van der Waals surface area contributed by atoms with Crippen LogP contribution in [0.4, 0.5) is 4.79 Å². The topological polar surface area (TPSA) is 112 Å². The van der Waals surface area contributed by atoms with Gasteiger partial charge >= 0.3 is 18.0 Å². The number of fused-ring (bicyclic) bond motifs is 5. The summed E-state index contributed by atoms with van der Waals surface area (Å²) in [6.07, 6.45) is 7.52. The van der Waals surface area contributed by atoms with Gasteiger partial charge < -0.3 is 29.0 Å². The van der Waals surface area contributed by atoms with E-state index in [2.05, 4.69) is 13.8 Å². The lowest BCUT2D eigenvalue weighted by atomic mass is 9.43. The Hall–Kier alpha value is -2.13. The molecule has 0 spiro atoms. The van der Waals surface area contributed by atoms with E-state index in [1.807, 2.05) is 0 Å². The number of hydrogen-bond acceptors (Lipinski definition) is 8. The van der Waals surface area contributed by atoms with E-state index in [0.717, 1.165) is 50.5 Å². The Bertz CT molecular complexity index is 1050. The number of ether oxygens (including phenoxy) is 4. The quantitative estimate of drug-likeness (QED) is 0.423. The number of esters is 2. The molecule has 1 N–H and O–H groups in total. The second kappa shape index (κ2) is 9.75. The second-order valence-electron chi connectivity index (χ2n) is 13.4. The van der Waals surface area contributed by atoms with Crippen LogP contribution in [0.15, 0.2) is 11.6 Å². The van der Waals surface area contributed by atoms with E-state index in [1.165, 1.54) is 6.92 Å². The zero-order valence-electron chi connectivity index (χ0n) is 23.5. The number of amides is 1. The molecule has 0 aromatic heterocycles. The Morgan fingerprint density at radius 3 is 2.51 bits per heavy atom. The van der Waals surface area contributed by atoms with Crippen LogP contribution in [0, 0.1) is 34.5 Å². The maximum atomic E-state index is 12.7. The predicted octanol–water partition coefficient (Wildman–Crippen LogP) is 3.62. The van der Waals surface area contributed by atoms with E-state index < -0.39 is 17.1 Å². The number of cyclic esters (lactones) is 1. The summed E-state index contributed by atoms with van der Waals surface area (Å²) in [4.78, 5) is 38.6. The first kappa shape index (κ1) is 27.1. The van der Waals surface area contributed by atoms with Crippen molar-refractivity contribution in [2.75, 3.05) is 32.9 Å². The fraction of sp³-hybridized carbons (Fsp3) is 0.833. The van der Waals surface area contributed by atoms with Crippen LogP contribution in [0.3, 0.4) is 0 Å². The molecule has 5 fully saturated rings. The van der Waals surface area contributed by atoms with E-state index in [4.69, 9.17) is 18.9 Å². The molecule has 0 aromatic rings. The van der Waals surface area contributed by atoms with Crippen LogP contribution in [0.5, 0.6) is 0 Å². The van der Waals surface area contributed by atoms with Crippen LogP contribution in [0.2, 0.25) is 0 Å². The summed E-state index contributed by atoms with van der Waals surface area (Å²) in [6, 6.07) is 0. The van der Waals surface area contributed by atoms with Crippen molar-refractivity contribution in [3.63, 3.8) is 0 Å². The first-order chi connectivity index (χ1) is 18.5. The van der Waals surface area contributed by atoms with Crippen LogP contribution in [-0.4, -0.2) is 78.8 Å². The molecule has 0 radical (unpaired) electrons. The van der Waals surface area contributed by atoms with E-state index >= 15 is 0 Å². The van der Waals surface area contributed by atoms with Crippen molar-refractivity contribution in [2.45, 2.75) is 89.9 Å². The molecule has 1 amide bonds. The lowest BCUT2D eigenvalue weighted by Crippen LogP contribution is -2.62. The number of carbonyl (C=O) groups excluding carboxylic acids is 3. The summed E-state index contributed by atoms with van der Waals surface area (Å²) in [5.41, 5.74) is -0.614. The van der Waals surface area contributed by atoms with E-state index in [1.54, 1.807) is 11.0 Å². The second-order valence-corrected chi connectivity index (χ2v) is 13.4. The van der Waals surface area contributed by atoms with Gasteiger partial charge in [-0.05, 0) is 73.7 Å². The smallest absolute Gasteiger partial charge is 0.410 e. The molecule has 216 valence electrons. The van der Waals surface area contributed by atoms with E-state index in [9.17, 15) is 19.5 Å². The molecular formula is C30H43NO8. The van der Waals surface area contributed by atoms with Gasteiger partial charge in [0, 0.05) is 43.8 Å². The molecule has 4 saturated carbocycles. The van der Waals surface area contributed by atoms with Crippen molar-refractivity contribution in [1.29, 1.82) is 0 Å². The lowest BCUT2D eigenvalue weighted by molar-refractivity contribution is -0.208. The van der Waals surface area contributed by atoms with Gasteiger partial charge in [0.05, 0.1) is 18.8 Å². The zero-order valence-corrected chi connectivity index (χ0v) is 23.5. The average molecular weight is 546 g/mol. The van der Waals surface area contributed by atoms with Gasteiger partial charge in [-0.25, -0.2) is 9.59 Å². The van der Waals surface area contributed by atoms with Crippen molar-refractivity contribution < 1.29 is 38.4 Å². The Morgan fingerprint density at radius 2 is 1.82 bits per heavy atom. The highest BCUT2D eigenvalue weighted by Crippen LogP contribution is 2.70. The fourth-order valence-corrected chi connectivity index (χ4v) is 9.81. The van der Waals surface area contributed by atoms with Crippen molar-refractivity contribution in [3.8, 4) is 0 Å². The summed E-state index contributed by atoms with van der Waals surface area (Å²) in [7, 11) is 0. The Kier molecular flexibility index (Phi) is 6.77. The highest BCUT2D eigenvalue weighted by molar-refractivity contribution is 5.85. The number of nitrogens with zero attached hydrogens (tertiary/aromatic N) is 1. The molecule has 2 heterocycles. The molecule has 0 aromatic carbocycles. The largest absolute Gasteiger partial charge is 0.462 e. The third-order valence-corrected chi connectivity index (χ3v) is 11.7. The molecule has 6 rings (SSSR count). The van der Waals surface area contributed by atoms with E-state index in [0.29, 0.717) is 44.6 Å². The van der Waals surface area contributed by atoms with Gasteiger partial charge in [-0.1, -0.05) is 13.8 Å².